The molecule has 0 spiro atoms. The molecule has 4 rings (SSSR count). The standard InChI is InChI=1S/C25H19BrClN3O6/c1-2-35-20-13-16(12-19-24(31)28-29(25(19)32)17-8-4-3-5-9-17)21(26)22(27)23(20)36-14-15-7-6-10-18(11-15)30(33)34/h3-13H,2,14H2,1H3,(H,28,31)/b19-12-. The van der Waals surface area contributed by atoms with Crippen molar-refractivity contribution in [2.24, 2.45) is 0 Å². The average Bonchev–Trinajstić information content (AvgIpc) is 3.16. The number of hydrogen-bond acceptors (Lipinski definition) is 6. The molecular weight excluding hydrogens is 554 g/mol. The average molecular weight is 573 g/mol. The van der Waals surface area contributed by atoms with Crippen molar-refractivity contribution in [2.45, 2.75) is 13.5 Å². The van der Waals surface area contributed by atoms with Crippen molar-refractivity contribution in [1.82, 2.24) is 5.43 Å². The molecule has 1 heterocycles. The van der Waals surface area contributed by atoms with Gasteiger partial charge in [0.15, 0.2) is 11.5 Å². The van der Waals surface area contributed by atoms with Crippen LogP contribution in [0.5, 0.6) is 11.5 Å². The second-order valence-electron chi connectivity index (χ2n) is 7.54. The normalized spacial score (nSPS) is 14.2. The molecule has 184 valence electrons. The number of rotatable bonds is 8. The third-order valence-corrected chi connectivity index (χ3v) is 6.61. The Morgan fingerprint density at radius 3 is 2.56 bits per heavy atom. The van der Waals surface area contributed by atoms with Crippen LogP contribution in [-0.2, 0) is 16.2 Å². The number of anilines is 1. The number of nitro groups is 1. The van der Waals surface area contributed by atoms with Gasteiger partial charge in [-0.1, -0.05) is 41.9 Å². The highest BCUT2D eigenvalue weighted by molar-refractivity contribution is 9.10. The zero-order chi connectivity index (χ0) is 25.8. The lowest BCUT2D eigenvalue weighted by Crippen LogP contribution is -2.35. The summed E-state index contributed by atoms with van der Waals surface area (Å²) in [6.45, 7) is 2.08. The summed E-state index contributed by atoms with van der Waals surface area (Å²) in [5.41, 5.74) is 3.94. The van der Waals surface area contributed by atoms with Crippen LogP contribution in [0.3, 0.4) is 0 Å². The molecule has 0 atom stereocenters. The molecule has 0 saturated carbocycles. The van der Waals surface area contributed by atoms with E-state index in [4.69, 9.17) is 21.1 Å². The van der Waals surface area contributed by atoms with Gasteiger partial charge in [0, 0.05) is 16.6 Å². The van der Waals surface area contributed by atoms with E-state index in [9.17, 15) is 19.7 Å². The first-order chi connectivity index (χ1) is 17.3. The van der Waals surface area contributed by atoms with Crippen LogP contribution in [0, 0.1) is 10.1 Å². The van der Waals surface area contributed by atoms with E-state index in [1.807, 2.05) is 0 Å². The largest absolute Gasteiger partial charge is 0.490 e. The second-order valence-corrected chi connectivity index (χ2v) is 8.72. The highest BCUT2D eigenvalue weighted by atomic mass is 79.9. The van der Waals surface area contributed by atoms with Gasteiger partial charge in [-0.3, -0.25) is 25.1 Å². The topological polar surface area (TPSA) is 111 Å². The maximum atomic E-state index is 13.0. The smallest absolute Gasteiger partial charge is 0.282 e. The lowest BCUT2D eigenvalue weighted by molar-refractivity contribution is -0.384. The van der Waals surface area contributed by atoms with E-state index >= 15 is 0 Å². The number of amides is 2. The number of para-hydroxylation sites is 1. The SMILES string of the molecule is CCOc1cc(/C=C2/C(=O)NN(c3ccccc3)C2=O)c(Br)c(Cl)c1OCc1cccc([N+](=O)[O-])c1. The number of hydrazine groups is 1. The number of non-ortho nitro benzene ring substituents is 1. The molecule has 1 aliphatic heterocycles. The molecule has 3 aromatic rings. The number of halogens is 2. The van der Waals surface area contributed by atoms with Crippen molar-refractivity contribution < 1.29 is 24.0 Å². The third-order valence-electron chi connectivity index (χ3n) is 5.17. The molecule has 36 heavy (non-hydrogen) atoms. The van der Waals surface area contributed by atoms with Crippen molar-refractivity contribution in [1.29, 1.82) is 0 Å². The number of ether oxygens (including phenoxy) is 2. The zero-order valence-electron chi connectivity index (χ0n) is 18.9. The Kier molecular flexibility index (Phi) is 7.56. The fourth-order valence-electron chi connectivity index (χ4n) is 3.49. The number of nitro benzene ring substituents is 1. The number of benzene rings is 3. The second kappa shape index (κ2) is 10.8. The Bertz CT molecular complexity index is 1380. The van der Waals surface area contributed by atoms with Crippen molar-refractivity contribution in [3.05, 3.63) is 97.0 Å². The summed E-state index contributed by atoms with van der Waals surface area (Å²) in [6, 6.07) is 16.4. The van der Waals surface area contributed by atoms with Gasteiger partial charge in [0.2, 0.25) is 0 Å². The highest BCUT2D eigenvalue weighted by Crippen LogP contribution is 2.44. The van der Waals surface area contributed by atoms with E-state index in [-0.39, 0.29) is 34.4 Å². The summed E-state index contributed by atoms with van der Waals surface area (Å²) in [4.78, 5) is 36.1. The predicted octanol–water partition coefficient (Wildman–Crippen LogP) is 5.45. The molecule has 1 saturated heterocycles. The predicted molar refractivity (Wildman–Crippen MR) is 138 cm³/mol. The van der Waals surface area contributed by atoms with Crippen LogP contribution in [0.15, 0.2) is 70.7 Å². The fraction of sp³-hybridized carbons (Fsp3) is 0.120. The Balaban J connectivity index is 1.65. The molecular formula is C25H19BrClN3O6. The maximum Gasteiger partial charge on any atom is 0.282 e. The third kappa shape index (κ3) is 5.19. The molecule has 0 bridgehead atoms. The number of nitrogens with zero attached hydrogens (tertiary/aromatic N) is 2. The van der Waals surface area contributed by atoms with Crippen molar-refractivity contribution in [3.63, 3.8) is 0 Å². The van der Waals surface area contributed by atoms with Gasteiger partial charge >= 0.3 is 0 Å². The minimum Gasteiger partial charge on any atom is -0.490 e. The van der Waals surface area contributed by atoms with E-state index in [0.717, 1.165) is 0 Å². The van der Waals surface area contributed by atoms with Crippen LogP contribution in [0.25, 0.3) is 6.08 Å². The molecule has 11 heteroatoms. The zero-order valence-corrected chi connectivity index (χ0v) is 21.2. The molecule has 0 aliphatic carbocycles. The number of nitrogens with one attached hydrogen (secondary N) is 1. The van der Waals surface area contributed by atoms with E-state index in [1.54, 1.807) is 55.5 Å². The van der Waals surface area contributed by atoms with Crippen LogP contribution in [-0.4, -0.2) is 23.3 Å². The number of carbonyl (C=O) groups is 2. The van der Waals surface area contributed by atoms with Gasteiger partial charge in [0.1, 0.15) is 17.2 Å². The minimum atomic E-state index is -0.559. The van der Waals surface area contributed by atoms with Gasteiger partial charge in [0.25, 0.3) is 17.5 Å². The van der Waals surface area contributed by atoms with Gasteiger partial charge in [0.05, 0.1) is 17.2 Å². The van der Waals surface area contributed by atoms with Gasteiger partial charge in [-0.25, -0.2) is 5.01 Å². The fourth-order valence-corrected chi connectivity index (χ4v) is 4.16. The lowest BCUT2D eigenvalue weighted by atomic mass is 10.1. The van der Waals surface area contributed by atoms with Crippen LogP contribution in [0.1, 0.15) is 18.1 Å². The summed E-state index contributed by atoms with van der Waals surface area (Å²) in [5.74, 6) is -0.574. The van der Waals surface area contributed by atoms with Crippen molar-refractivity contribution >= 4 is 56.8 Å². The lowest BCUT2D eigenvalue weighted by Gasteiger charge is -2.16. The summed E-state index contributed by atoms with van der Waals surface area (Å²) < 4.78 is 12.0. The van der Waals surface area contributed by atoms with E-state index in [0.29, 0.717) is 27.9 Å². The highest BCUT2D eigenvalue weighted by Gasteiger charge is 2.34. The van der Waals surface area contributed by atoms with E-state index < -0.39 is 16.7 Å². The van der Waals surface area contributed by atoms with Crippen LogP contribution < -0.4 is 19.9 Å². The number of carbonyl (C=O) groups excluding carboxylic acids is 2. The molecule has 0 radical (unpaired) electrons. The minimum absolute atomic E-state index is 0.00127. The monoisotopic (exact) mass is 571 g/mol. The molecule has 1 fully saturated rings. The first kappa shape index (κ1) is 25.2. The maximum absolute atomic E-state index is 13.0. The summed E-state index contributed by atoms with van der Waals surface area (Å²) >= 11 is 10.0. The van der Waals surface area contributed by atoms with Gasteiger partial charge in [-0.15, -0.1) is 0 Å². The van der Waals surface area contributed by atoms with Gasteiger partial charge in [-0.05, 0) is 58.3 Å². The first-order valence-electron chi connectivity index (χ1n) is 10.7. The molecule has 3 aromatic carbocycles. The summed E-state index contributed by atoms with van der Waals surface area (Å²) in [7, 11) is 0. The Morgan fingerprint density at radius 2 is 1.86 bits per heavy atom. The molecule has 0 unspecified atom stereocenters. The van der Waals surface area contributed by atoms with Gasteiger partial charge < -0.3 is 9.47 Å². The first-order valence-corrected chi connectivity index (χ1v) is 11.9. The van der Waals surface area contributed by atoms with E-state index in [1.165, 1.54) is 23.2 Å². The quantitative estimate of drug-likeness (QED) is 0.166. The van der Waals surface area contributed by atoms with Crippen molar-refractivity contribution in [3.8, 4) is 11.5 Å². The molecule has 0 aromatic heterocycles. The molecule has 9 nitrogen and oxygen atoms in total. The Hall–Kier alpha value is -3.89. The summed E-state index contributed by atoms with van der Waals surface area (Å²) in [6.07, 6.45) is 1.42. The molecule has 1 aliphatic rings. The van der Waals surface area contributed by atoms with Gasteiger partial charge in [-0.2, -0.15) is 0 Å². The Labute approximate surface area is 219 Å². The molecule has 2 amide bonds. The van der Waals surface area contributed by atoms with E-state index in [2.05, 4.69) is 21.4 Å². The van der Waals surface area contributed by atoms with Crippen LogP contribution in [0.4, 0.5) is 11.4 Å². The number of hydrogen-bond donors (Lipinski definition) is 1. The summed E-state index contributed by atoms with van der Waals surface area (Å²) in [5, 5.41) is 12.4. The van der Waals surface area contributed by atoms with Crippen LogP contribution >= 0.6 is 27.5 Å². The Morgan fingerprint density at radius 1 is 1.11 bits per heavy atom. The van der Waals surface area contributed by atoms with Crippen LogP contribution in [0.2, 0.25) is 5.02 Å². The molecule has 1 N–H and O–H groups in total. The van der Waals surface area contributed by atoms with Crippen molar-refractivity contribution in [2.75, 3.05) is 11.6 Å².